The summed E-state index contributed by atoms with van der Waals surface area (Å²) >= 11 is 0. The third-order valence-electron chi connectivity index (χ3n) is 4.38. The van der Waals surface area contributed by atoms with Crippen LogP contribution in [0.25, 0.3) is 0 Å². The number of methoxy groups -OCH3 is 1. The summed E-state index contributed by atoms with van der Waals surface area (Å²) in [6.07, 6.45) is 5.03. The van der Waals surface area contributed by atoms with Gasteiger partial charge in [0, 0.05) is 18.8 Å². The Balaban J connectivity index is 2.39. The summed E-state index contributed by atoms with van der Waals surface area (Å²) in [7, 11) is -6.15. The molecule has 0 radical (unpaired) electrons. The summed E-state index contributed by atoms with van der Waals surface area (Å²) in [6, 6.07) is 3.42. The van der Waals surface area contributed by atoms with Crippen molar-refractivity contribution >= 4 is 19.9 Å². The Kier molecular flexibility index (Phi) is 5.90. The Bertz CT molecular complexity index is 784. The van der Waals surface area contributed by atoms with Crippen LogP contribution in [0, 0.1) is 5.92 Å². The van der Waals surface area contributed by atoms with Gasteiger partial charge in [-0.2, -0.15) is 0 Å². The molecule has 0 saturated heterocycles. The highest BCUT2D eigenvalue weighted by Gasteiger charge is 2.30. The first-order chi connectivity index (χ1) is 11.2. The Hall–Kier alpha value is -1.16. The van der Waals surface area contributed by atoms with Crippen molar-refractivity contribution in [2.75, 3.05) is 19.9 Å². The van der Waals surface area contributed by atoms with Gasteiger partial charge in [-0.1, -0.05) is 12.8 Å². The molecule has 3 N–H and O–H groups in total. The first kappa shape index (κ1) is 19.2. The second-order valence-electron chi connectivity index (χ2n) is 6.09. The van der Waals surface area contributed by atoms with Crippen molar-refractivity contribution in [1.29, 1.82) is 0 Å². The van der Waals surface area contributed by atoms with E-state index in [0.717, 1.165) is 38.0 Å². The molecule has 24 heavy (non-hydrogen) atoms. The Morgan fingerprint density at radius 3 is 2.38 bits per heavy atom. The number of ether oxygens (including phenoxy) is 1. The van der Waals surface area contributed by atoms with E-state index in [1.54, 1.807) is 0 Å². The van der Waals surface area contributed by atoms with Crippen LogP contribution in [0.2, 0.25) is 0 Å². The maximum absolute atomic E-state index is 12.8. The molecule has 1 fully saturated rings. The van der Waals surface area contributed by atoms with Crippen molar-refractivity contribution in [3.8, 4) is 5.75 Å². The molecule has 1 aliphatic rings. The third kappa shape index (κ3) is 4.27. The average molecular weight is 377 g/mol. The van der Waals surface area contributed by atoms with E-state index >= 15 is 0 Å². The number of hydrogen-bond donors (Lipinski definition) is 2. The van der Waals surface area contributed by atoms with E-state index in [9.17, 15) is 16.8 Å². The van der Waals surface area contributed by atoms with Gasteiger partial charge in [0.05, 0.1) is 12.0 Å². The second-order valence-corrected chi connectivity index (χ2v) is 9.79. The van der Waals surface area contributed by atoms with E-state index in [1.807, 2.05) is 0 Å². The predicted molar refractivity (Wildman–Crippen MR) is 91.2 cm³/mol. The summed E-state index contributed by atoms with van der Waals surface area (Å²) in [5, 5.41) is 0. The maximum atomic E-state index is 12.8. The Morgan fingerprint density at radius 1 is 1.25 bits per heavy atom. The van der Waals surface area contributed by atoms with Crippen molar-refractivity contribution in [2.45, 2.75) is 41.5 Å². The second kappa shape index (κ2) is 7.38. The lowest BCUT2D eigenvalue weighted by Gasteiger charge is -2.23. The van der Waals surface area contributed by atoms with Gasteiger partial charge < -0.3 is 10.5 Å². The number of benzene rings is 1. The Morgan fingerprint density at radius 2 is 1.88 bits per heavy atom. The summed E-state index contributed by atoms with van der Waals surface area (Å²) in [5.41, 5.74) is 5.75. The van der Waals surface area contributed by atoms with Gasteiger partial charge in [0.1, 0.15) is 10.6 Å². The van der Waals surface area contributed by atoms with Crippen LogP contribution in [0.1, 0.15) is 25.7 Å². The highest BCUT2D eigenvalue weighted by atomic mass is 32.2. The van der Waals surface area contributed by atoms with Crippen molar-refractivity contribution in [2.24, 2.45) is 11.7 Å². The zero-order valence-corrected chi connectivity index (χ0v) is 15.5. The molecule has 0 heterocycles. The molecule has 0 aliphatic heterocycles. The molecule has 0 aromatic heterocycles. The smallest absolute Gasteiger partial charge is 0.244 e. The first-order valence-electron chi connectivity index (χ1n) is 7.79. The van der Waals surface area contributed by atoms with Gasteiger partial charge in [-0.25, -0.2) is 21.6 Å². The maximum Gasteiger partial charge on any atom is 0.244 e. The van der Waals surface area contributed by atoms with E-state index in [-0.39, 0.29) is 34.0 Å². The lowest BCUT2D eigenvalue weighted by molar-refractivity contribution is 0.393. The highest BCUT2D eigenvalue weighted by Crippen LogP contribution is 2.30. The number of hydrogen-bond acceptors (Lipinski definition) is 6. The zero-order chi connectivity index (χ0) is 18.0. The van der Waals surface area contributed by atoms with Gasteiger partial charge in [-0.15, -0.1) is 0 Å². The molecule has 1 atom stereocenters. The monoisotopic (exact) mass is 376 g/mol. The largest absolute Gasteiger partial charge is 0.495 e. The molecule has 1 unspecified atom stereocenters. The molecule has 0 bridgehead atoms. The number of nitrogens with one attached hydrogen (secondary N) is 1. The number of rotatable bonds is 7. The van der Waals surface area contributed by atoms with E-state index in [1.165, 1.54) is 19.2 Å². The minimum atomic E-state index is -3.95. The van der Waals surface area contributed by atoms with E-state index < -0.39 is 19.9 Å². The lowest BCUT2D eigenvalue weighted by atomic mass is 9.99. The van der Waals surface area contributed by atoms with Gasteiger partial charge in [-0.3, -0.25) is 0 Å². The number of sulfone groups is 1. The van der Waals surface area contributed by atoms with Crippen LogP contribution in [0.3, 0.4) is 0 Å². The summed E-state index contributed by atoms with van der Waals surface area (Å²) in [6.45, 7) is 0.192. The topological polar surface area (TPSA) is 116 Å². The molecule has 7 nitrogen and oxygen atoms in total. The van der Waals surface area contributed by atoms with Crippen LogP contribution < -0.4 is 15.2 Å². The molecule has 0 amide bonds. The molecule has 1 saturated carbocycles. The predicted octanol–water partition coefficient (Wildman–Crippen LogP) is 0.895. The van der Waals surface area contributed by atoms with E-state index in [2.05, 4.69) is 4.72 Å². The van der Waals surface area contributed by atoms with Crippen LogP contribution in [0.5, 0.6) is 5.75 Å². The van der Waals surface area contributed by atoms with E-state index in [0.29, 0.717) is 0 Å². The average Bonchev–Trinajstić information content (AvgIpc) is 3.05. The molecule has 2 rings (SSSR count). The minimum absolute atomic E-state index is 0.0751. The van der Waals surface area contributed by atoms with Crippen molar-refractivity contribution in [1.82, 2.24) is 4.72 Å². The summed E-state index contributed by atoms with van der Waals surface area (Å²) < 4.78 is 56.7. The van der Waals surface area contributed by atoms with Gasteiger partial charge in [0.25, 0.3) is 0 Å². The molecule has 0 spiro atoms. The van der Waals surface area contributed by atoms with E-state index in [4.69, 9.17) is 10.5 Å². The fourth-order valence-corrected chi connectivity index (χ4v) is 5.29. The first-order valence-corrected chi connectivity index (χ1v) is 11.2. The minimum Gasteiger partial charge on any atom is -0.495 e. The standard InChI is InChI=1S/C15H24N2O5S2/c1-22-14-8-7-12(23(2,18)19)9-15(14)24(20,21)17-13(10-16)11-5-3-4-6-11/h7-9,11,13,17H,3-6,10,16H2,1-2H3. The number of sulfonamides is 1. The van der Waals surface area contributed by atoms with Crippen LogP contribution in [-0.4, -0.2) is 42.8 Å². The SMILES string of the molecule is COc1ccc(S(C)(=O)=O)cc1S(=O)(=O)NC(CN)C1CCCC1. The fraction of sp³-hybridized carbons (Fsp3) is 0.600. The molecule has 1 aromatic carbocycles. The Labute approximate surface area is 143 Å². The van der Waals surface area contributed by atoms with Crippen LogP contribution in [0.15, 0.2) is 28.0 Å². The molecule has 9 heteroatoms. The van der Waals surface area contributed by atoms with Gasteiger partial charge in [0.15, 0.2) is 9.84 Å². The van der Waals surface area contributed by atoms with Gasteiger partial charge >= 0.3 is 0 Å². The summed E-state index contributed by atoms with van der Waals surface area (Å²) in [5.74, 6) is 0.297. The third-order valence-corrected chi connectivity index (χ3v) is 7.00. The lowest BCUT2D eigenvalue weighted by Crippen LogP contribution is -2.44. The fourth-order valence-electron chi connectivity index (χ4n) is 3.06. The number of nitrogens with two attached hydrogens (primary N) is 1. The normalized spacial score (nSPS) is 17.8. The zero-order valence-electron chi connectivity index (χ0n) is 13.9. The van der Waals surface area contributed by atoms with Crippen LogP contribution in [-0.2, 0) is 19.9 Å². The highest BCUT2D eigenvalue weighted by molar-refractivity contribution is 7.91. The van der Waals surface area contributed by atoms with Crippen LogP contribution in [0.4, 0.5) is 0 Å². The quantitative estimate of drug-likeness (QED) is 0.730. The molecule has 1 aliphatic carbocycles. The van der Waals surface area contributed by atoms with Crippen molar-refractivity contribution in [3.63, 3.8) is 0 Å². The molecule has 136 valence electrons. The molecular weight excluding hydrogens is 352 g/mol. The van der Waals surface area contributed by atoms with Crippen molar-refractivity contribution in [3.05, 3.63) is 18.2 Å². The summed E-state index contributed by atoms with van der Waals surface area (Å²) in [4.78, 5) is -0.266. The van der Waals surface area contributed by atoms with Gasteiger partial charge in [0.2, 0.25) is 10.0 Å². The van der Waals surface area contributed by atoms with Crippen molar-refractivity contribution < 1.29 is 21.6 Å². The molecule has 1 aromatic rings. The van der Waals surface area contributed by atoms with Crippen LogP contribution >= 0.6 is 0 Å². The molecular formula is C15H24N2O5S2. The van der Waals surface area contributed by atoms with Gasteiger partial charge in [-0.05, 0) is 37.0 Å².